The van der Waals surface area contributed by atoms with Crippen LogP contribution in [-0.2, 0) is 9.59 Å². The molecule has 0 saturated heterocycles. The highest BCUT2D eigenvalue weighted by atomic mass is 19.1. The normalized spacial score (nSPS) is 34.5. The molecule has 4 bridgehead atoms. The molecule has 35 heavy (non-hydrogen) atoms. The Kier molecular flexibility index (Phi) is 4.83. The van der Waals surface area contributed by atoms with Crippen LogP contribution in [0, 0.1) is 16.2 Å². The molecule has 0 atom stereocenters. The lowest BCUT2D eigenvalue weighted by Gasteiger charge is -2.65. The number of halogens is 1. The molecule has 6 nitrogen and oxygen atoms in total. The van der Waals surface area contributed by atoms with Crippen molar-refractivity contribution in [3.05, 3.63) is 42.6 Å². The summed E-state index contributed by atoms with van der Waals surface area (Å²) in [4.78, 5) is 31.9. The van der Waals surface area contributed by atoms with Crippen LogP contribution in [0.3, 0.4) is 0 Å². The molecule has 6 saturated carbocycles. The summed E-state index contributed by atoms with van der Waals surface area (Å²) in [6, 6.07) is 11.7. The highest BCUT2D eigenvalue weighted by Crippen LogP contribution is 2.70. The van der Waals surface area contributed by atoms with Crippen LogP contribution in [0.2, 0.25) is 0 Å². The minimum absolute atomic E-state index is 0.0245. The highest BCUT2D eigenvalue weighted by Gasteiger charge is 2.73. The number of anilines is 1. The number of aliphatic carboxylic acids is 1. The van der Waals surface area contributed by atoms with Gasteiger partial charge in [-0.1, -0.05) is 12.1 Å². The molecule has 1 aromatic carbocycles. The van der Waals surface area contributed by atoms with Gasteiger partial charge in [-0.25, -0.2) is 9.37 Å². The standard InChI is InChI=1S/C28H31FN2O4/c1-35-22-14-20(5-12-30-22)19-3-2-4-21(13-19)31(23(32)27-15-28(29,16-27)17-27)18-25-6-9-26(10-7-25,11-8-25)24(33)34/h2-5,12-14H,6-11,15-18H2,1H3,(H,33,34). The molecule has 1 N–H and O–H groups in total. The first kappa shape index (κ1) is 22.5. The molecule has 0 spiro atoms. The fourth-order valence-electron chi connectivity index (χ4n) is 7.17. The fraction of sp³-hybridized carbons (Fsp3) is 0.536. The molecule has 6 fully saturated rings. The molecule has 0 radical (unpaired) electrons. The average molecular weight is 479 g/mol. The number of carbonyl (C=O) groups is 2. The summed E-state index contributed by atoms with van der Waals surface area (Å²) in [6.45, 7) is 0.561. The minimum atomic E-state index is -1.15. The summed E-state index contributed by atoms with van der Waals surface area (Å²) in [5.41, 5.74) is 0.317. The zero-order chi connectivity index (χ0) is 24.5. The molecule has 0 unspecified atom stereocenters. The maximum absolute atomic E-state index is 14.4. The van der Waals surface area contributed by atoms with Crippen LogP contribution in [0.1, 0.15) is 57.8 Å². The van der Waals surface area contributed by atoms with E-state index in [-0.39, 0.29) is 11.3 Å². The van der Waals surface area contributed by atoms with Crippen LogP contribution in [0.25, 0.3) is 11.1 Å². The Morgan fingerprint density at radius 1 is 1.00 bits per heavy atom. The average Bonchev–Trinajstić information content (AvgIpc) is 2.85. The Labute approximate surface area is 204 Å². The number of fused-ring (bicyclic) bond motifs is 3. The van der Waals surface area contributed by atoms with Gasteiger partial charge < -0.3 is 14.7 Å². The molecule has 1 aromatic heterocycles. The van der Waals surface area contributed by atoms with Crippen molar-refractivity contribution in [3.8, 4) is 17.0 Å². The third-order valence-corrected chi connectivity index (χ3v) is 9.45. The number of methoxy groups -OCH3 is 1. The van der Waals surface area contributed by atoms with Crippen LogP contribution in [0.15, 0.2) is 42.6 Å². The number of hydrogen-bond acceptors (Lipinski definition) is 4. The molecule has 0 aliphatic heterocycles. The molecule has 7 heteroatoms. The third-order valence-electron chi connectivity index (χ3n) is 9.45. The summed E-state index contributed by atoms with van der Waals surface area (Å²) < 4.78 is 19.7. The number of carboxylic acids is 1. The van der Waals surface area contributed by atoms with Crippen LogP contribution in [0.4, 0.5) is 10.1 Å². The van der Waals surface area contributed by atoms with Gasteiger partial charge in [0.2, 0.25) is 11.8 Å². The Morgan fingerprint density at radius 3 is 2.26 bits per heavy atom. The Morgan fingerprint density at radius 2 is 1.66 bits per heavy atom. The van der Waals surface area contributed by atoms with E-state index in [0.29, 0.717) is 50.9 Å². The molecule has 2 aromatic rings. The van der Waals surface area contributed by atoms with Gasteiger partial charge in [-0.3, -0.25) is 9.59 Å². The van der Waals surface area contributed by atoms with Crippen molar-refractivity contribution in [3.63, 3.8) is 0 Å². The zero-order valence-corrected chi connectivity index (χ0v) is 20.1. The van der Waals surface area contributed by atoms with Gasteiger partial charge in [-0.15, -0.1) is 0 Å². The topological polar surface area (TPSA) is 79.7 Å². The molecule has 6 aliphatic carbocycles. The summed E-state index contributed by atoms with van der Waals surface area (Å²) in [5, 5.41) is 9.78. The maximum atomic E-state index is 14.4. The zero-order valence-electron chi connectivity index (χ0n) is 20.1. The number of aromatic nitrogens is 1. The van der Waals surface area contributed by atoms with Crippen LogP contribution in [0.5, 0.6) is 5.88 Å². The summed E-state index contributed by atoms with van der Waals surface area (Å²) in [6.07, 6.45) is 7.10. The maximum Gasteiger partial charge on any atom is 0.309 e. The first-order valence-corrected chi connectivity index (χ1v) is 12.5. The first-order valence-electron chi connectivity index (χ1n) is 12.5. The third kappa shape index (κ3) is 3.46. The van der Waals surface area contributed by atoms with E-state index in [0.717, 1.165) is 36.1 Å². The monoisotopic (exact) mass is 478 g/mol. The Bertz CT molecular complexity index is 1170. The number of benzene rings is 1. The van der Waals surface area contributed by atoms with Crippen molar-refractivity contribution < 1.29 is 23.8 Å². The van der Waals surface area contributed by atoms with E-state index < -0.39 is 22.5 Å². The number of alkyl halides is 1. The van der Waals surface area contributed by atoms with Crippen molar-refractivity contribution >= 4 is 17.6 Å². The number of amides is 1. The van der Waals surface area contributed by atoms with Crippen molar-refractivity contribution in [1.29, 1.82) is 0 Å². The van der Waals surface area contributed by atoms with E-state index in [1.807, 2.05) is 41.3 Å². The van der Waals surface area contributed by atoms with Crippen LogP contribution < -0.4 is 9.64 Å². The predicted octanol–water partition coefficient (Wildman–Crippen LogP) is 5.41. The minimum Gasteiger partial charge on any atom is -0.481 e. The van der Waals surface area contributed by atoms with Crippen molar-refractivity contribution in [2.45, 2.75) is 63.5 Å². The fourth-order valence-corrected chi connectivity index (χ4v) is 7.17. The van der Waals surface area contributed by atoms with Gasteiger partial charge in [0, 0.05) is 24.5 Å². The predicted molar refractivity (Wildman–Crippen MR) is 129 cm³/mol. The number of pyridine rings is 1. The summed E-state index contributed by atoms with van der Waals surface area (Å²) in [7, 11) is 1.58. The van der Waals surface area contributed by atoms with E-state index >= 15 is 0 Å². The van der Waals surface area contributed by atoms with E-state index in [1.54, 1.807) is 13.3 Å². The van der Waals surface area contributed by atoms with Crippen molar-refractivity contribution in [1.82, 2.24) is 4.98 Å². The van der Waals surface area contributed by atoms with Gasteiger partial charge in [-0.2, -0.15) is 0 Å². The molecule has 8 rings (SSSR count). The highest BCUT2D eigenvalue weighted by molar-refractivity contribution is 6.00. The first-order chi connectivity index (χ1) is 16.7. The Hall–Kier alpha value is -2.96. The second kappa shape index (κ2) is 7.52. The lowest BCUT2D eigenvalue weighted by atomic mass is 9.41. The molecular formula is C28H31FN2O4. The molecule has 1 heterocycles. The van der Waals surface area contributed by atoms with E-state index in [4.69, 9.17) is 4.74 Å². The summed E-state index contributed by atoms with van der Waals surface area (Å²) in [5.74, 6) is -0.133. The number of ether oxygens (including phenoxy) is 1. The van der Waals surface area contributed by atoms with Crippen LogP contribution in [-0.4, -0.2) is 41.3 Å². The number of hydrogen-bond donors (Lipinski definition) is 1. The number of carbonyl (C=O) groups excluding carboxylic acids is 1. The lowest BCUT2D eigenvalue weighted by molar-refractivity contribution is -0.211. The quantitative estimate of drug-likeness (QED) is 0.576. The second-order valence-electron chi connectivity index (χ2n) is 11.6. The number of rotatable bonds is 7. The SMILES string of the molecule is COc1cc(-c2cccc(N(CC34CCC(C(=O)O)(CC3)CC4)C(=O)C34CC(F)(C3)C4)c2)ccn1. The van der Waals surface area contributed by atoms with Gasteiger partial charge in [0.1, 0.15) is 5.67 Å². The van der Waals surface area contributed by atoms with Gasteiger partial charge in [0.15, 0.2) is 0 Å². The molecule has 1 amide bonds. The van der Waals surface area contributed by atoms with E-state index in [2.05, 4.69) is 4.98 Å². The Balaban J connectivity index is 1.32. The van der Waals surface area contributed by atoms with Gasteiger partial charge in [-0.05, 0) is 92.5 Å². The van der Waals surface area contributed by atoms with E-state index in [1.165, 1.54) is 0 Å². The van der Waals surface area contributed by atoms with Crippen molar-refractivity contribution in [2.24, 2.45) is 16.2 Å². The van der Waals surface area contributed by atoms with E-state index in [9.17, 15) is 19.1 Å². The number of nitrogens with zero attached hydrogens (tertiary/aromatic N) is 2. The lowest BCUT2D eigenvalue weighted by Crippen LogP contribution is -2.71. The van der Waals surface area contributed by atoms with Gasteiger partial charge in [0.25, 0.3) is 0 Å². The summed E-state index contributed by atoms with van der Waals surface area (Å²) >= 11 is 0. The molecule has 6 aliphatic rings. The molecule has 184 valence electrons. The van der Waals surface area contributed by atoms with Gasteiger partial charge >= 0.3 is 5.97 Å². The van der Waals surface area contributed by atoms with Crippen molar-refractivity contribution in [2.75, 3.05) is 18.6 Å². The van der Waals surface area contributed by atoms with Gasteiger partial charge in [0.05, 0.1) is 17.9 Å². The smallest absolute Gasteiger partial charge is 0.309 e. The largest absolute Gasteiger partial charge is 0.481 e. The number of carboxylic acid groups (broad SMARTS) is 1. The van der Waals surface area contributed by atoms with Crippen LogP contribution >= 0.6 is 0 Å². The second-order valence-corrected chi connectivity index (χ2v) is 11.6. The molecular weight excluding hydrogens is 447 g/mol.